The molecule has 0 N–H and O–H groups in total. The molecule has 9 rings (SSSR count). The van der Waals surface area contributed by atoms with Crippen LogP contribution in [0.1, 0.15) is 16.7 Å². The first-order chi connectivity index (χ1) is 23.0. The molecule has 5 heteroatoms. The second-order valence-corrected chi connectivity index (χ2v) is 14.0. The van der Waals surface area contributed by atoms with E-state index in [-0.39, 0.29) is 20.1 Å². The van der Waals surface area contributed by atoms with Crippen LogP contribution in [0, 0.1) is 32.9 Å². The van der Waals surface area contributed by atoms with Crippen molar-refractivity contribution in [3.63, 3.8) is 0 Å². The van der Waals surface area contributed by atoms with Gasteiger partial charge in [-0.05, 0) is 60.6 Å². The molecule has 0 bridgehead atoms. The minimum absolute atomic E-state index is 0. The molecular weight excluding hydrogens is 801 g/mol. The van der Waals surface area contributed by atoms with Crippen LogP contribution in [0.3, 0.4) is 0 Å². The minimum Gasteiger partial charge on any atom is -0.305 e. The maximum Gasteiger partial charge on any atom is 0.0440 e. The van der Waals surface area contributed by atoms with E-state index in [9.17, 15) is 0 Å². The van der Waals surface area contributed by atoms with Crippen LogP contribution in [-0.4, -0.2) is 9.97 Å². The van der Waals surface area contributed by atoms with Crippen LogP contribution in [0.4, 0.5) is 0 Å². The number of thiophene rings is 2. The van der Waals surface area contributed by atoms with E-state index in [0.29, 0.717) is 0 Å². The quantitative estimate of drug-likeness (QED) is 0.166. The SMILES string of the molecule is Cc1c[c-]c(-c2cc(C)c(C)cn2)cc1.[Ir].[c-]1ccccc1-c1cc(-c2cc3sc4ccccc4c3c3c2sc2ccccc23)ccn1. The molecule has 0 saturated carbocycles. The number of nitrogens with zero attached hydrogens (tertiary/aromatic N) is 2. The van der Waals surface area contributed by atoms with Gasteiger partial charge < -0.3 is 9.97 Å². The summed E-state index contributed by atoms with van der Waals surface area (Å²) in [6, 6.07) is 47.1. The third-order valence-corrected chi connectivity index (χ3v) is 11.0. The van der Waals surface area contributed by atoms with Gasteiger partial charge in [0.25, 0.3) is 0 Å². The van der Waals surface area contributed by atoms with Gasteiger partial charge in [-0.15, -0.1) is 94.0 Å². The maximum atomic E-state index is 4.63. The number of benzene rings is 5. The summed E-state index contributed by atoms with van der Waals surface area (Å²) in [6.45, 7) is 6.24. The van der Waals surface area contributed by atoms with E-state index in [1.54, 1.807) is 0 Å². The second kappa shape index (κ2) is 13.5. The van der Waals surface area contributed by atoms with Crippen LogP contribution >= 0.6 is 22.7 Å². The van der Waals surface area contributed by atoms with Gasteiger partial charge in [0.2, 0.25) is 0 Å². The molecule has 4 heterocycles. The number of aryl methyl sites for hydroxylation is 3. The normalized spacial score (nSPS) is 11.1. The Morgan fingerprint density at radius 3 is 2.02 bits per heavy atom. The maximum absolute atomic E-state index is 4.63. The molecule has 48 heavy (non-hydrogen) atoms. The van der Waals surface area contributed by atoms with Gasteiger partial charge in [0, 0.05) is 78.4 Å². The molecule has 1 radical (unpaired) electrons. The van der Waals surface area contributed by atoms with Gasteiger partial charge in [0.1, 0.15) is 0 Å². The van der Waals surface area contributed by atoms with Crippen molar-refractivity contribution in [2.75, 3.05) is 0 Å². The van der Waals surface area contributed by atoms with Crippen molar-refractivity contribution in [1.82, 2.24) is 9.97 Å². The first kappa shape index (κ1) is 32.1. The number of aromatic nitrogens is 2. The fourth-order valence-corrected chi connectivity index (χ4v) is 8.45. The Morgan fingerprint density at radius 1 is 0.583 bits per heavy atom. The van der Waals surface area contributed by atoms with Crippen molar-refractivity contribution in [3.05, 3.63) is 156 Å². The average Bonchev–Trinajstić information content (AvgIpc) is 3.68. The molecule has 2 nitrogen and oxygen atoms in total. The first-order valence-corrected chi connectivity index (χ1v) is 17.3. The van der Waals surface area contributed by atoms with E-state index >= 15 is 0 Å². The van der Waals surface area contributed by atoms with Crippen LogP contribution in [-0.2, 0) is 20.1 Å². The fraction of sp³-hybridized carbons (Fsp3) is 0.0698. The molecule has 0 amide bonds. The van der Waals surface area contributed by atoms with Crippen molar-refractivity contribution in [1.29, 1.82) is 0 Å². The summed E-state index contributed by atoms with van der Waals surface area (Å²) in [5.74, 6) is 0. The van der Waals surface area contributed by atoms with E-state index in [0.717, 1.165) is 22.5 Å². The molecule has 9 aromatic rings. The third-order valence-electron chi connectivity index (χ3n) is 8.66. The summed E-state index contributed by atoms with van der Waals surface area (Å²) in [4.78, 5) is 9.04. The molecule has 235 valence electrons. The van der Waals surface area contributed by atoms with Crippen molar-refractivity contribution >= 4 is 63.0 Å². The van der Waals surface area contributed by atoms with Gasteiger partial charge in [-0.2, -0.15) is 0 Å². The fourth-order valence-electron chi connectivity index (χ4n) is 6.05. The third kappa shape index (κ3) is 6.00. The molecule has 4 aromatic heterocycles. The molecule has 0 aliphatic rings. The van der Waals surface area contributed by atoms with Gasteiger partial charge in [0.15, 0.2) is 0 Å². The molecule has 0 atom stereocenters. The van der Waals surface area contributed by atoms with Crippen molar-refractivity contribution in [2.45, 2.75) is 20.8 Å². The van der Waals surface area contributed by atoms with Crippen molar-refractivity contribution in [3.8, 4) is 33.6 Å². The molecule has 0 fully saturated rings. The van der Waals surface area contributed by atoms with Crippen LogP contribution in [0.5, 0.6) is 0 Å². The minimum atomic E-state index is 0. The van der Waals surface area contributed by atoms with Gasteiger partial charge in [-0.1, -0.05) is 61.0 Å². The Bertz CT molecular complexity index is 2550. The van der Waals surface area contributed by atoms with Crippen LogP contribution in [0.15, 0.2) is 128 Å². The van der Waals surface area contributed by atoms with E-state index in [2.05, 4.69) is 134 Å². The number of hydrogen-bond donors (Lipinski definition) is 0. The van der Waals surface area contributed by atoms with E-state index in [1.165, 1.54) is 68.2 Å². The second-order valence-electron chi connectivity index (χ2n) is 11.8. The summed E-state index contributed by atoms with van der Waals surface area (Å²) in [7, 11) is 0. The summed E-state index contributed by atoms with van der Waals surface area (Å²) < 4.78 is 5.35. The molecule has 5 aromatic carbocycles. The van der Waals surface area contributed by atoms with Gasteiger partial charge in [-0.25, -0.2) is 0 Å². The topological polar surface area (TPSA) is 25.8 Å². The van der Waals surface area contributed by atoms with Gasteiger partial charge in [-0.3, -0.25) is 0 Å². The van der Waals surface area contributed by atoms with Crippen LogP contribution < -0.4 is 0 Å². The number of hydrogen-bond acceptors (Lipinski definition) is 4. The summed E-state index contributed by atoms with van der Waals surface area (Å²) >= 11 is 3.77. The Morgan fingerprint density at radius 2 is 1.29 bits per heavy atom. The zero-order chi connectivity index (χ0) is 31.9. The summed E-state index contributed by atoms with van der Waals surface area (Å²) in [5, 5.41) is 5.45. The van der Waals surface area contributed by atoms with Gasteiger partial charge >= 0.3 is 0 Å². The predicted molar refractivity (Wildman–Crippen MR) is 202 cm³/mol. The van der Waals surface area contributed by atoms with Crippen molar-refractivity contribution in [2.24, 2.45) is 0 Å². The number of rotatable bonds is 3. The summed E-state index contributed by atoms with van der Waals surface area (Å²) in [6.07, 6.45) is 3.83. The largest absolute Gasteiger partial charge is 0.305 e. The average molecular weight is 831 g/mol. The molecule has 0 spiro atoms. The molecule has 0 aliphatic carbocycles. The molecular formula is C43H30IrN2S2-2. The monoisotopic (exact) mass is 831 g/mol. The van der Waals surface area contributed by atoms with E-state index < -0.39 is 0 Å². The summed E-state index contributed by atoms with van der Waals surface area (Å²) in [5.41, 5.74) is 10.2. The van der Waals surface area contributed by atoms with Gasteiger partial charge in [0.05, 0.1) is 0 Å². The smallest absolute Gasteiger partial charge is 0.0440 e. The number of fused-ring (bicyclic) bond motifs is 7. The van der Waals surface area contributed by atoms with E-state index in [4.69, 9.17) is 0 Å². The molecule has 0 aliphatic heterocycles. The Hall–Kier alpha value is -4.51. The van der Waals surface area contributed by atoms with Crippen LogP contribution in [0.2, 0.25) is 0 Å². The van der Waals surface area contributed by atoms with Crippen LogP contribution in [0.25, 0.3) is 74.0 Å². The zero-order valence-electron chi connectivity index (χ0n) is 26.7. The Balaban J connectivity index is 0.000000193. The Labute approximate surface area is 302 Å². The Kier molecular flexibility index (Phi) is 9.04. The van der Waals surface area contributed by atoms with E-state index in [1.807, 2.05) is 59.3 Å². The molecule has 0 saturated heterocycles. The number of pyridine rings is 2. The standard InChI is InChI=1S/C29H16NS2.C14H14N.Ir/c1-2-8-18(9-3-1)23-16-19(14-15-30-23)22-17-26-27(20-10-4-6-12-24(20)31-26)28-21-11-5-7-13-25(21)32-29(22)28;1-10-4-6-13(7-5-10)14-8-11(2)12(3)9-15-14;/h1-8,10-17H;4-6,8-9H,1-3H3;/q2*-1;. The van der Waals surface area contributed by atoms with Crippen molar-refractivity contribution < 1.29 is 20.1 Å². The zero-order valence-corrected chi connectivity index (χ0v) is 30.7. The molecule has 0 unspecified atom stereocenters. The predicted octanol–water partition coefficient (Wildman–Crippen LogP) is 12.4. The first-order valence-electron chi connectivity index (χ1n) is 15.6.